The van der Waals surface area contributed by atoms with Crippen molar-refractivity contribution in [2.45, 2.75) is 31.3 Å². The molecule has 1 aromatic heterocycles. The molecule has 3 N–H and O–H groups in total. The zero-order chi connectivity index (χ0) is 23.1. The molecule has 2 aromatic rings. The van der Waals surface area contributed by atoms with E-state index in [1.165, 1.54) is 6.08 Å². The number of imidazole rings is 1. The summed E-state index contributed by atoms with van der Waals surface area (Å²) in [5.41, 5.74) is 9.71. The summed E-state index contributed by atoms with van der Waals surface area (Å²) >= 11 is 0. The van der Waals surface area contributed by atoms with Gasteiger partial charge in [-0.2, -0.15) is 0 Å². The molecule has 1 aliphatic rings. The van der Waals surface area contributed by atoms with Crippen molar-refractivity contribution >= 4 is 11.7 Å². The normalized spacial score (nSPS) is 16.9. The van der Waals surface area contributed by atoms with Crippen LogP contribution in [0.4, 0.5) is 0 Å². The van der Waals surface area contributed by atoms with Gasteiger partial charge in [0, 0.05) is 18.5 Å². The number of ketones is 1. The number of nitrogens with zero attached hydrogens (tertiary/aromatic N) is 2. The van der Waals surface area contributed by atoms with Gasteiger partial charge in [0.2, 0.25) is 5.91 Å². The van der Waals surface area contributed by atoms with Crippen LogP contribution in [0.2, 0.25) is 0 Å². The van der Waals surface area contributed by atoms with Crippen LogP contribution < -0.4 is 5.73 Å². The predicted octanol–water partition coefficient (Wildman–Crippen LogP) is 4.40. The van der Waals surface area contributed by atoms with E-state index in [0.717, 1.165) is 16.8 Å². The first kappa shape index (κ1) is 22.9. The van der Waals surface area contributed by atoms with Crippen LogP contribution in [0.5, 0.6) is 0 Å². The van der Waals surface area contributed by atoms with Gasteiger partial charge in [-0.15, -0.1) is 0 Å². The van der Waals surface area contributed by atoms with Crippen LogP contribution in [0, 0.1) is 0 Å². The van der Waals surface area contributed by atoms with Gasteiger partial charge in [-0.05, 0) is 29.7 Å². The summed E-state index contributed by atoms with van der Waals surface area (Å²) in [6.07, 6.45) is 11.0. The van der Waals surface area contributed by atoms with E-state index in [-0.39, 0.29) is 24.2 Å². The largest absolute Gasteiger partial charge is 0.340 e. The van der Waals surface area contributed by atoms with E-state index in [4.69, 9.17) is 5.73 Å². The van der Waals surface area contributed by atoms with Crippen molar-refractivity contribution in [3.8, 4) is 11.3 Å². The van der Waals surface area contributed by atoms with Crippen LogP contribution in [0.25, 0.3) is 11.3 Å². The highest BCUT2D eigenvalue weighted by molar-refractivity contribution is 5.90. The summed E-state index contributed by atoms with van der Waals surface area (Å²) in [5.74, 6) is 0.354. The van der Waals surface area contributed by atoms with Crippen molar-refractivity contribution in [3.63, 3.8) is 0 Å². The third kappa shape index (κ3) is 4.92. The molecule has 1 aromatic carbocycles. The highest BCUT2D eigenvalue weighted by Gasteiger charge is 2.38. The SMILES string of the molecule is C=CC(=O)CC=CC[C@H](N)C(=O)N1C(C=C)=C(C=C)C[C@H]1c1ncc(-c2ccccc2)[nH]1. The maximum absolute atomic E-state index is 13.3. The van der Waals surface area contributed by atoms with Crippen molar-refractivity contribution in [2.75, 3.05) is 0 Å². The van der Waals surface area contributed by atoms with E-state index in [2.05, 4.69) is 29.7 Å². The van der Waals surface area contributed by atoms with Gasteiger partial charge in [0.1, 0.15) is 5.82 Å². The van der Waals surface area contributed by atoms with E-state index in [1.807, 2.05) is 30.3 Å². The molecule has 0 radical (unpaired) electrons. The van der Waals surface area contributed by atoms with Gasteiger partial charge in [-0.25, -0.2) is 4.98 Å². The lowest BCUT2D eigenvalue weighted by Crippen LogP contribution is -2.43. The van der Waals surface area contributed by atoms with Gasteiger partial charge in [-0.1, -0.05) is 68.3 Å². The number of amides is 1. The first-order valence-corrected chi connectivity index (χ1v) is 10.5. The number of nitrogens with one attached hydrogen (secondary N) is 1. The quantitative estimate of drug-likeness (QED) is 0.433. The molecule has 3 rings (SSSR count). The number of nitrogens with two attached hydrogens (primary N) is 1. The molecule has 1 amide bonds. The Kier molecular flexibility index (Phi) is 7.52. The molecule has 0 spiro atoms. The number of rotatable bonds is 10. The van der Waals surface area contributed by atoms with Gasteiger partial charge < -0.3 is 10.7 Å². The number of H-pyrrole nitrogens is 1. The van der Waals surface area contributed by atoms with Crippen LogP contribution >= 0.6 is 0 Å². The number of aromatic amines is 1. The fraction of sp³-hybridized carbons (Fsp3) is 0.192. The molecule has 6 heteroatoms. The van der Waals surface area contributed by atoms with Gasteiger partial charge in [0.05, 0.1) is 24.0 Å². The lowest BCUT2D eigenvalue weighted by atomic mass is 10.1. The lowest BCUT2D eigenvalue weighted by molar-refractivity contribution is -0.132. The van der Waals surface area contributed by atoms with E-state index in [9.17, 15) is 9.59 Å². The van der Waals surface area contributed by atoms with E-state index in [1.54, 1.807) is 35.4 Å². The van der Waals surface area contributed by atoms with Gasteiger partial charge in [-0.3, -0.25) is 14.5 Å². The van der Waals surface area contributed by atoms with Crippen LogP contribution in [-0.2, 0) is 9.59 Å². The second kappa shape index (κ2) is 10.5. The lowest BCUT2D eigenvalue weighted by Gasteiger charge is -2.28. The first-order valence-electron chi connectivity index (χ1n) is 10.5. The standard InChI is InChI=1S/C26H28N4O2/c1-4-18-16-24(25-28-17-22(29-25)19-12-8-7-9-13-19)30(23(18)6-3)26(32)21(27)15-11-10-14-20(31)5-2/h4-13,17,21,24H,1-3,14-16,27H2,(H,28,29)/t21-,24-/m0/s1. The Morgan fingerprint density at radius 2 is 1.94 bits per heavy atom. The molecule has 0 fully saturated rings. The average molecular weight is 429 g/mol. The van der Waals surface area contributed by atoms with Crippen molar-refractivity contribution < 1.29 is 9.59 Å². The van der Waals surface area contributed by atoms with Crippen LogP contribution in [0.1, 0.15) is 31.1 Å². The minimum Gasteiger partial charge on any atom is -0.340 e. The highest BCUT2D eigenvalue weighted by Crippen LogP contribution is 2.40. The summed E-state index contributed by atoms with van der Waals surface area (Å²) in [6, 6.07) is 8.77. The molecule has 32 heavy (non-hydrogen) atoms. The van der Waals surface area contributed by atoms with Gasteiger partial charge in [0.15, 0.2) is 5.78 Å². The topological polar surface area (TPSA) is 92.1 Å². The summed E-state index contributed by atoms with van der Waals surface area (Å²) in [5, 5.41) is 0. The molecular formula is C26H28N4O2. The second-order valence-electron chi connectivity index (χ2n) is 7.48. The maximum Gasteiger partial charge on any atom is 0.244 e. The Hall–Kier alpha value is -3.77. The number of carbonyl (C=O) groups excluding carboxylic acids is 2. The minimum atomic E-state index is -0.768. The van der Waals surface area contributed by atoms with Gasteiger partial charge in [0.25, 0.3) is 0 Å². The molecule has 0 saturated carbocycles. The Morgan fingerprint density at radius 3 is 2.59 bits per heavy atom. The van der Waals surface area contributed by atoms with Crippen LogP contribution in [-0.4, -0.2) is 32.6 Å². The number of allylic oxidation sites excluding steroid dienone is 4. The van der Waals surface area contributed by atoms with Crippen molar-refractivity contribution in [1.29, 1.82) is 0 Å². The number of aromatic nitrogens is 2. The predicted molar refractivity (Wildman–Crippen MR) is 127 cm³/mol. The molecule has 0 saturated heterocycles. The fourth-order valence-electron chi connectivity index (χ4n) is 3.71. The van der Waals surface area contributed by atoms with Crippen LogP contribution in [0.15, 0.2) is 97.9 Å². The van der Waals surface area contributed by atoms with E-state index in [0.29, 0.717) is 24.4 Å². The molecule has 0 unspecified atom stereocenters. The maximum atomic E-state index is 13.3. The molecule has 0 aliphatic carbocycles. The Bertz CT molecular complexity index is 1080. The van der Waals surface area contributed by atoms with E-state index < -0.39 is 6.04 Å². The minimum absolute atomic E-state index is 0.0831. The Labute approximate surface area is 188 Å². The summed E-state index contributed by atoms with van der Waals surface area (Å²) in [4.78, 5) is 34.3. The molecule has 2 heterocycles. The molecular weight excluding hydrogens is 400 g/mol. The number of benzene rings is 1. The summed E-state index contributed by atoms with van der Waals surface area (Å²) < 4.78 is 0. The Morgan fingerprint density at radius 1 is 1.19 bits per heavy atom. The molecule has 1 aliphatic heterocycles. The molecule has 6 nitrogen and oxygen atoms in total. The van der Waals surface area contributed by atoms with E-state index >= 15 is 0 Å². The van der Waals surface area contributed by atoms with Crippen molar-refractivity contribution in [2.24, 2.45) is 5.73 Å². The van der Waals surface area contributed by atoms with Crippen molar-refractivity contribution in [1.82, 2.24) is 14.9 Å². The zero-order valence-electron chi connectivity index (χ0n) is 18.0. The van der Waals surface area contributed by atoms with Gasteiger partial charge >= 0.3 is 0 Å². The molecule has 164 valence electrons. The zero-order valence-corrected chi connectivity index (χ0v) is 18.0. The number of carbonyl (C=O) groups is 2. The van der Waals surface area contributed by atoms with Crippen molar-refractivity contribution in [3.05, 3.63) is 104 Å². The summed E-state index contributed by atoms with van der Waals surface area (Å²) in [6.45, 7) is 11.2. The highest BCUT2D eigenvalue weighted by atomic mass is 16.2. The third-order valence-electron chi connectivity index (χ3n) is 5.41. The second-order valence-corrected chi connectivity index (χ2v) is 7.48. The number of hydrogen-bond donors (Lipinski definition) is 2. The monoisotopic (exact) mass is 428 g/mol. The smallest absolute Gasteiger partial charge is 0.244 e. The van der Waals surface area contributed by atoms with Crippen LogP contribution in [0.3, 0.4) is 0 Å². The third-order valence-corrected chi connectivity index (χ3v) is 5.41. The average Bonchev–Trinajstić information content (AvgIpc) is 3.46. The first-order chi connectivity index (χ1) is 15.5. The fourth-order valence-corrected chi connectivity index (χ4v) is 3.71. The number of hydrogen-bond acceptors (Lipinski definition) is 4. The summed E-state index contributed by atoms with van der Waals surface area (Å²) in [7, 11) is 0. The Balaban J connectivity index is 1.84. The molecule has 0 bridgehead atoms. The molecule has 2 atom stereocenters.